The number of anilines is 1. The summed E-state index contributed by atoms with van der Waals surface area (Å²) in [5, 5.41) is 21.8. The van der Waals surface area contributed by atoms with Crippen molar-refractivity contribution in [2.75, 3.05) is 17.2 Å². The maximum Gasteiger partial charge on any atom is 1.00 e. The molecule has 0 aromatic heterocycles. The Morgan fingerprint density at radius 3 is 2.39 bits per heavy atom. The molecule has 0 spiro atoms. The van der Waals surface area contributed by atoms with Crippen molar-refractivity contribution in [2.45, 2.75) is 29.8 Å². The van der Waals surface area contributed by atoms with Gasteiger partial charge < -0.3 is 13.1 Å². The molecule has 0 radical (unpaired) electrons. The average Bonchev–Trinajstić information content (AvgIpc) is 2.83. The number of rotatable bonds is 8. The number of carbonyl (C=O) groups excluding carboxylic acids is 1. The van der Waals surface area contributed by atoms with Gasteiger partial charge in [0.15, 0.2) is 0 Å². The second-order valence-electron chi connectivity index (χ2n) is 6.73. The van der Waals surface area contributed by atoms with Crippen molar-refractivity contribution in [3.05, 3.63) is 60.2 Å². The molecule has 7 nitrogen and oxygen atoms in total. The van der Waals surface area contributed by atoms with Gasteiger partial charge in [-0.05, 0) is 30.5 Å². The smallest absolute Gasteiger partial charge is 1.00 e. The number of amides is 1. The van der Waals surface area contributed by atoms with Gasteiger partial charge in [0, 0.05) is 10.6 Å². The van der Waals surface area contributed by atoms with E-state index in [1.54, 1.807) is 12.1 Å². The molecule has 2 aromatic carbocycles. The number of nitrogens with one attached hydrogen (secondary N) is 1. The monoisotopic (exact) mass is 462 g/mol. The van der Waals surface area contributed by atoms with Crippen LogP contribution < -0.4 is 69.3 Å². The predicted octanol–water partition coefficient (Wildman–Crippen LogP) is -3.51. The molecular formula is C21H24N2Na2O5S. The van der Waals surface area contributed by atoms with Gasteiger partial charge in [-0.15, -0.1) is 11.8 Å². The summed E-state index contributed by atoms with van der Waals surface area (Å²) in [6.07, 6.45) is 0.873. The van der Waals surface area contributed by atoms with Gasteiger partial charge >= 0.3 is 71.1 Å². The van der Waals surface area contributed by atoms with Gasteiger partial charge in [-0.1, -0.05) is 42.5 Å². The normalized spacial score (nSPS) is 16.2. The summed E-state index contributed by atoms with van der Waals surface area (Å²) in [6.45, 7) is -0.476. The van der Waals surface area contributed by atoms with Gasteiger partial charge in [-0.2, -0.15) is 0 Å². The number of aliphatic carboxylic acids is 2. The number of fused-ring (bicyclic) bond motifs is 1. The Morgan fingerprint density at radius 2 is 1.74 bits per heavy atom. The number of hydrogen-bond donors (Lipinski definition) is 3. The van der Waals surface area contributed by atoms with Crippen LogP contribution >= 0.6 is 11.8 Å². The molecule has 3 N–H and O–H groups in total. The Morgan fingerprint density at radius 1 is 1.10 bits per heavy atom. The molecule has 2 aromatic rings. The molecule has 1 unspecified atom stereocenters. The van der Waals surface area contributed by atoms with Crippen LogP contribution in [-0.2, 0) is 20.8 Å². The number of carboxylic acids is 2. The van der Waals surface area contributed by atoms with E-state index in [-0.39, 0.29) is 62.0 Å². The van der Waals surface area contributed by atoms with E-state index in [0.717, 1.165) is 10.5 Å². The second kappa shape index (κ2) is 13.6. The van der Waals surface area contributed by atoms with Crippen LogP contribution in [0.4, 0.5) is 5.69 Å². The molecule has 0 saturated heterocycles. The van der Waals surface area contributed by atoms with Crippen molar-refractivity contribution < 1.29 is 86.6 Å². The van der Waals surface area contributed by atoms with Crippen molar-refractivity contribution >= 4 is 35.3 Å². The fourth-order valence-electron chi connectivity index (χ4n) is 3.25. The molecule has 1 aliphatic rings. The predicted molar refractivity (Wildman–Crippen MR) is 112 cm³/mol. The van der Waals surface area contributed by atoms with Crippen LogP contribution in [0, 0.1) is 0 Å². The largest absolute Gasteiger partial charge is 1.00 e. The van der Waals surface area contributed by atoms with Gasteiger partial charge in [0.05, 0.1) is 11.7 Å². The van der Waals surface area contributed by atoms with Gasteiger partial charge in [0.2, 0.25) is 5.91 Å². The van der Waals surface area contributed by atoms with Gasteiger partial charge in [-0.25, -0.2) is 0 Å². The summed E-state index contributed by atoms with van der Waals surface area (Å²) in [4.78, 5) is 38.2. The zero-order valence-electron chi connectivity index (χ0n) is 19.7. The van der Waals surface area contributed by atoms with Crippen molar-refractivity contribution in [3.8, 4) is 0 Å². The Balaban J connectivity index is 0. The SMILES string of the molecule is O=C(O)CN1C(=O)C(N[C@H](CCc2ccccc2)C(=O)O)CSc2ccccc21.[H-].[H-].[Na+].[Na+]. The molecule has 31 heavy (non-hydrogen) atoms. The number of para-hydroxylation sites is 1. The average molecular weight is 462 g/mol. The zero-order valence-corrected chi connectivity index (χ0v) is 22.5. The molecule has 0 bridgehead atoms. The molecule has 156 valence electrons. The van der Waals surface area contributed by atoms with Crippen LogP contribution in [-0.4, -0.2) is 52.4 Å². The van der Waals surface area contributed by atoms with Crippen LogP contribution in [0.5, 0.6) is 0 Å². The molecule has 3 rings (SSSR count). The third-order valence-corrected chi connectivity index (χ3v) is 5.84. The Bertz CT molecular complexity index is 911. The van der Waals surface area contributed by atoms with E-state index in [1.165, 1.54) is 16.7 Å². The minimum absolute atomic E-state index is 0. The van der Waals surface area contributed by atoms with Crippen molar-refractivity contribution in [2.24, 2.45) is 0 Å². The van der Waals surface area contributed by atoms with Gasteiger partial charge in [0.25, 0.3) is 0 Å². The van der Waals surface area contributed by atoms with Crippen LogP contribution in [0.15, 0.2) is 59.5 Å². The molecule has 1 aliphatic heterocycles. The molecule has 0 fully saturated rings. The molecule has 1 amide bonds. The molecule has 1 heterocycles. The number of carbonyl (C=O) groups is 3. The molecule has 0 saturated carbocycles. The maximum absolute atomic E-state index is 13.1. The van der Waals surface area contributed by atoms with E-state index in [1.807, 2.05) is 42.5 Å². The van der Waals surface area contributed by atoms with E-state index in [2.05, 4.69) is 5.32 Å². The van der Waals surface area contributed by atoms with Gasteiger partial charge in [0.1, 0.15) is 12.6 Å². The first-order chi connectivity index (χ1) is 14.0. The Hall–Kier alpha value is -0.840. The fourth-order valence-corrected chi connectivity index (χ4v) is 4.33. The number of thioether (sulfide) groups is 1. The van der Waals surface area contributed by atoms with Crippen molar-refractivity contribution in [1.29, 1.82) is 0 Å². The molecule has 10 heteroatoms. The molecule has 0 aliphatic carbocycles. The first-order valence-electron chi connectivity index (χ1n) is 9.23. The second-order valence-corrected chi connectivity index (χ2v) is 7.79. The molecule has 2 atom stereocenters. The number of aryl methyl sites for hydroxylation is 1. The maximum atomic E-state index is 13.1. The number of carboxylic acid groups (broad SMARTS) is 2. The summed E-state index contributed by atoms with van der Waals surface area (Å²) in [7, 11) is 0. The fraction of sp³-hybridized carbons (Fsp3) is 0.286. The minimum atomic E-state index is -1.13. The van der Waals surface area contributed by atoms with Crippen molar-refractivity contribution in [3.63, 3.8) is 0 Å². The Kier molecular flexibility index (Phi) is 12.4. The topological polar surface area (TPSA) is 107 Å². The quantitative estimate of drug-likeness (QED) is 0.350. The third kappa shape index (κ3) is 7.91. The van der Waals surface area contributed by atoms with Gasteiger partial charge in [-0.3, -0.25) is 24.6 Å². The van der Waals surface area contributed by atoms with Crippen LogP contribution in [0.2, 0.25) is 0 Å². The number of benzene rings is 2. The van der Waals surface area contributed by atoms with E-state index >= 15 is 0 Å². The van der Waals surface area contributed by atoms with Crippen LogP contribution in [0.25, 0.3) is 0 Å². The minimum Gasteiger partial charge on any atom is -1.00 e. The summed E-state index contributed by atoms with van der Waals surface area (Å²) in [6, 6.07) is 14.9. The third-order valence-electron chi connectivity index (χ3n) is 4.68. The van der Waals surface area contributed by atoms with E-state index in [4.69, 9.17) is 0 Å². The standard InChI is InChI=1S/C21H22N2O5S.2Na.2H/c24-19(25)12-23-17-8-4-5-9-18(17)29-13-16(20(23)26)22-15(21(27)28)11-10-14-6-2-1-3-7-14;;;;/h1-9,15-16,22H,10-13H2,(H,24,25)(H,27,28);;;;/q;2*+1;2*-1/t15-,16?;;;;/m1..../s1. The van der Waals surface area contributed by atoms with E-state index in [0.29, 0.717) is 24.3 Å². The number of hydrogen-bond acceptors (Lipinski definition) is 5. The van der Waals surface area contributed by atoms with Crippen molar-refractivity contribution in [1.82, 2.24) is 5.32 Å². The first-order valence-corrected chi connectivity index (χ1v) is 10.2. The number of nitrogens with zero attached hydrogens (tertiary/aromatic N) is 1. The Labute approximate surface area is 232 Å². The van der Waals surface area contributed by atoms with E-state index < -0.39 is 36.5 Å². The van der Waals surface area contributed by atoms with E-state index in [9.17, 15) is 24.6 Å². The van der Waals surface area contributed by atoms with Crippen LogP contribution in [0.1, 0.15) is 14.8 Å². The van der Waals surface area contributed by atoms with Crippen LogP contribution in [0.3, 0.4) is 0 Å². The summed E-state index contributed by atoms with van der Waals surface area (Å²) < 4.78 is 0. The first kappa shape index (κ1) is 28.2. The summed E-state index contributed by atoms with van der Waals surface area (Å²) >= 11 is 1.41. The zero-order chi connectivity index (χ0) is 20.8. The summed E-state index contributed by atoms with van der Waals surface area (Å²) in [5.74, 6) is -2.28. The summed E-state index contributed by atoms with van der Waals surface area (Å²) in [5.41, 5.74) is 1.55. The molecular weight excluding hydrogens is 438 g/mol.